The summed E-state index contributed by atoms with van der Waals surface area (Å²) in [6, 6.07) is 1.73. The van der Waals surface area contributed by atoms with Gasteiger partial charge >= 0.3 is 0 Å². The minimum Gasteiger partial charge on any atom is -0.474 e. The Morgan fingerprint density at radius 2 is 1.94 bits per heavy atom. The smallest absolute Gasteiger partial charge is 0.218 e. The van der Waals surface area contributed by atoms with Crippen molar-refractivity contribution in [2.24, 2.45) is 0 Å². The maximum Gasteiger partial charge on any atom is 0.218 e. The predicted octanol–water partition coefficient (Wildman–Crippen LogP) is 2.48. The van der Waals surface area contributed by atoms with Crippen LogP contribution in [0.15, 0.2) is 6.07 Å². The van der Waals surface area contributed by atoms with E-state index in [1.54, 1.807) is 6.07 Å². The van der Waals surface area contributed by atoms with Gasteiger partial charge in [-0.1, -0.05) is 11.6 Å². The lowest BCUT2D eigenvalue weighted by Gasteiger charge is -2.28. The van der Waals surface area contributed by atoms with Crippen LogP contribution in [0.5, 0.6) is 5.88 Å². The summed E-state index contributed by atoms with van der Waals surface area (Å²) in [5.41, 5.74) is 0. The van der Waals surface area contributed by atoms with Gasteiger partial charge in [0.1, 0.15) is 17.1 Å². The summed E-state index contributed by atoms with van der Waals surface area (Å²) in [7, 11) is 2.14. The molecule has 2 heterocycles. The van der Waals surface area contributed by atoms with Crippen LogP contribution in [0.3, 0.4) is 0 Å². The molecule has 0 unspecified atom stereocenters. The molecule has 1 saturated carbocycles. The maximum absolute atomic E-state index is 6.02. The van der Waals surface area contributed by atoms with Gasteiger partial charge in [0.2, 0.25) is 5.88 Å². The second kappa shape index (κ2) is 5.02. The minimum absolute atomic E-state index is 0.263. The molecule has 0 amide bonds. The first-order valence-corrected chi connectivity index (χ1v) is 6.98. The van der Waals surface area contributed by atoms with Gasteiger partial charge in [-0.3, -0.25) is 0 Å². The second-order valence-electron chi connectivity index (χ2n) is 5.28. The van der Waals surface area contributed by atoms with Crippen LogP contribution in [0, 0.1) is 0 Å². The van der Waals surface area contributed by atoms with Crippen LogP contribution in [0.25, 0.3) is 0 Å². The molecule has 1 aromatic heterocycles. The number of hydrogen-bond donors (Lipinski definition) is 0. The molecule has 1 saturated heterocycles. The molecule has 0 aromatic carbocycles. The third kappa shape index (κ3) is 2.93. The number of rotatable bonds is 3. The first kappa shape index (κ1) is 12.2. The van der Waals surface area contributed by atoms with Gasteiger partial charge in [0.05, 0.1) is 0 Å². The molecule has 3 rings (SSSR count). The van der Waals surface area contributed by atoms with E-state index in [0.29, 0.717) is 17.0 Å². The summed E-state index contributed by atoms with van der Waals surface area (Å²) in [6.45, 7) is 2.16. The van der Waals surface area contributed by atoms with Crippen LogP contribution in [0.2, 0.25) is 5.15 Å². The summed E-state index contributed by atoms with van der Waals surface area (Å²) in [6.07, 6.45) is 4.72. The Labute approximate surface area is 112 Å². The molecule has 0 spiro atoms. The second-order valence-corrected chi connectivity index (χ2v) is 5.67. The minimum atomic E-state index is 0.263. The lowest BCUT2D eigenvalue weighted by Crippen LogP contribution is -2.35. The molecule has 2 fully saturated rings. The summed E-state index contributed by atoms with van der Waals surface area (Å²) < 4.78 is 5.94. The molecule has 5 heteroatoms. The Hall–Kier alpha value is -0.870. The van der Waals surface area contributed by atoms with Crippen LogP contribution in [-0.2, 0) is 0 Å². The quantitative estimate of drug-likeness (QED) is 0.789. The zero-order chi connectivity index (χ0) is 12.5. The van der Waals surface area contributed by atoms with E-state index in [2.05, 4.69) is 21.9 Å². The Kier molecular flexibility index (Phi) is 3.39. The Morgan fingerprint density at radius 3 is 2.61 bits per heavy atom. The third-order valence-electron chi connectivity index (χ3n) is 3.58. The highest BCUT2D eigenvalue weighted by molar-refractivity contribution is 6.29. The van der Waals surface area contributed by atoms with E-state index in [4.69, 9.17) is 16.3 Å². The number of aromatic nitrogens is 2. The molecular formula is C13H18ClN3O. The van der Waals surface area contributed by atoms with Crippen molar-refractivity contribution in [1.29, 1.82) is 0 Å². The first-order valence-electron chi connectivity index (χ1n) is 6.60. The highest BCUT2D eigenvalue weighted by atomic mass is 35.5. The van der Waals surface area contributed by atoms with Crippen LogP contribution in [-0.4, -0.2) is 41.1 Å². The topological polar surface area (TPSA) is 38.2 Å². The molecular weight excluding hydrogens is 250 g/mol. The largest absolute Gasteiger partial charge is 0.474 e. The third-order valence-corrected chi connectivity index (χ3v) is 3.78. The Morgan fingerprint density at radius 1 is 1.22 bits per heavy atom. The van der Waals surface area contributed by atoms with Crippen molar-refractivity contribution in [3.8, 4) is 5.88 Å². The van der Waals surface area contributed by atoms with Gasteiger partial charge in [0, 0.05) is 25.1 Å². The van der Waals surface area contributed by atoms with Gasteiger partial charge in [-0.15, -0.1) is 0 Å². The molecule has 98 valence electrons. The van der Waals surface area contributed by atoms with E-state index in [9.17, 15) is 0 Å². The van der Waals surface area contributed by atoms with Crippen molar-refractivity contribution >= 4 is 11.6 Å². The molecule has 0 atom stereocenters. The fraction of sp³-hybridized carbons (Fsp3) is 0.692. The molecule has 1 aromatic rings. The molecule has 0 radical (unpaired) electrons. The lowest BCUT2D eigenvalue weighted by molar-refractivity contribution is 0.109. The molecule has 0 N–H and O–H groups in total. The summed E-state index contributed by atoms with van der Waals surface area (Å²) >= 11 is 6.02. The van der Waals surface area contributed by atoms with Crippen molar-refractivity contribution in [1.82, 2.24) is 14.9 Å². The van der Waals surface area contributed by atoms with Crippen LogP contribution < -0.4 is 4.74 Å². The standard InChI is InChI=1S/C13H18ClN3O/c1-17-6-4-10(5-7-17)18-12-8-11(14)15-13(16-12)9-2-3-9/h8-10H,2-7H2,1H3. The SMILES string of the molecule is CN1CCC(Oc2cc(Cl)nc(C3CC3)n2)CC1. The summed E-state index contributed by atoms with van der Waals surface area (Å²) in [5, 5.41) is 0.495. The normalized spacial score (nSPS) is 22.1. The van der Waals surface area contributed by atoms with Crippen LogP contribution in [0.1, 0.15) is 37.4 Å². The van der Waals surface area contributed by atoms with E-state index < -0.39 is 0 Å². The zero-order valence-corrected chi connectivity index (χ0v) is 11.4. The van der Waals surface area contributed by atoms with Crippen LogP contribution in [0.4, 0.5) is 0 Å². The van der Waals surface area contributed by atoms with Gasteiger partial charge in [0.15, 0.2) is 0 Å². The van der Waals surface area contributed by atoms with E-state index in [0.717, 1.165) is 31.8 Å². The first-order chi connectivity index (χ1) is 8.70. The Balaban J connectivity index is 1.68. The van der Waals surface area contributed by atoms with Crippen molar-refractivity contribution in [3.05, 3.63) is 17.0 Å². The van der Waals surface area contributed by atoms with Gasteiger partial charge in [-0.05, 0) is 32.7 Å². The molecule has 18 heavy (non-hydrogen) atoms. The van der Waals surface area contributed by atoms with Crippen molar-refractivity contribution < 1.29 is 4.74 Å². The zero-order valence-electron chi connectivity index (χ0n) is 10.6. The molecule has 4 nitrogen and oxygen atoms in total. The molecule has 1 aliphatic carbocycles. The van der Waals surface area contributed by atoms with E-state index in [1.807, 2.05) is 0 Å². The van der Waals surface area contributed by atoms with E-state index in [-0.39, 0.29) is 6.10 Å². The lowest BCUT2D eigenvalue weighted by atomic mass is 10.1. The number of nitrogens with zero attached hydrogens (tertiary/aromatic N) is 3. The fourth-order valence-corrected chi connectivity index (χ4v) is 2.45. The highest BCUT2D eigenvalue weighted by Gasteiger charge is 2.28. The van der Waals surface area contributed by atoms with E-state index in [1.165, 1.54) is 12.8 Å². The molecule has 2 aliphatic rings. The average molecular weight is 268 g/mol. The molecule has 1 aliphatic heterocycles. The Bertz CT molecular complexity index is 428. The number of piperidine rings is 1. The number of ether oxygens (including phenoxy) is 1. The average Bonchev–Trinajstić information content (AvgIpc) is 3.15. The number of hydrogen-bond acceptors (Lipinski definition) is 4. The summed E-state index contributed by atoms with van der Waals surface area (Å²) in [4.78, 5) is 11.1. The maximum atomic E-state index is 6.02. The fourth-order valence-electron chi connectivity index (χ4n) is 2.27. The van der Waals surface area contributed by atoms with Gasteiger partial charge < -0.3 is 9.64 Å². The number of halogens is 1. The number of likely N-dealkylation sites (tertiary alicyclic amines) is 1. The van der Waals surface area contributed by atoms with E-state index >= 15 is 0 Å². The molecule has 0 bridgehead atoms. The monoisotopic (exact) mass is 267 g/mol. The van der Waals surface area contributed by atoms with Crippen molar-refractivity contribution in [2.45, 2.75) is 37.7 Å². The van der Waals surface area contributed by atoms with Gasteiger partial charge in [-0.2, -0.15) is 4.98 Å². The van der Waals surface area contributed by atoms with Crippen LogP contribution >= 0.6 is 11.6 Å². The van der Waals surface area contributed by atoms with Gasteiger partial charge in [0.25, 0.3) is 0 Å². The highest BCUT2D eigenvalue weighted by Crippen LogP contribution is 2.39. The van der Waals surface area contributed by atoms with Crippen molar-refractivity contribution in [2.75, 3.05) is 20.1 Å². The van der Waals surface area contributed by atoms with Gasteiger partial charge in [-0.25, -0.2) is 4.98 Å². The predicted molar refractivity (Wildman–Crippen MR) is 70.2 cm³/mol. The van der Waals surface area contributed by atoms with Crippen molar-refractivity contribution in [3.63, 3.8) is 0 Å². The summed E-state index contributed by atoms with van der Waals surface area (Å²) in [5.74, 6) is 2.00.